The summed E-state index contributed by atoms with van der Waals surface area (Å²) in [7, 11) is -1.40. The van der Waals surface area contributed by atoms with E-state index in [9.17, 15) is 4.79 Å². The fourth-order valence-corrected chi connectivity index (χ4v) is 1.99. The molecule has 0 unspecified atom stereocenters. The van der Waals surface area contributed by atoms with Crippen molar-refractivity contribution in [1.29, 1.82) is 0 Å². The number of benzene rings is 1. The molecule has 12 heavy (non-hydrogen) atoms. The molecular formula is C8H7O3Si. The number of rotatable bonds is 0. The monoisotopic (exact) mass is 179 g/mol. The molecule has 3 nitrogen and oxygen atoms in total. The molecular weight excluding hydrogens is 172 g/mol. The topological polar surface area (TPSA) is 35.5 Å². The highest BCUT2D eigenvalue weighted by Gasteiger charge is 2.27. The van der Waals surface area contributed by atoms with Gasteiger partial charge in [-0.3, -0.25) is 0 Å². The minimum atomic E-state index is -1.40. The minimum Gasteiger partial charge on any atom is -0.509 e. The lowest BCUT2D eigenvalue weighted by atomic mass is 10.2. The number of carbonyl (C=O) groups excluding carboxylic acids is 1. The number of hydrogen-bond acceptors (Lipinski definition) is 3. The van der Waals surface area contributed by atoms with Gasteiger partial charge in [0.15, 0.2) is 0 Å². The van der Waals surface area contributed by atoms with E-state index in [2.05, 4.69) is 0 Å². The lowest BCUT2D eigenvalue weighted by molar-refractivity contribution is 0.0683. The maximum absolute atomic E-state index is 11.2. The first-order chi connectivity index (χ1) is 5.77. The van der Waals surface area contributed by atoms with Gasteiger partial charge in [0.1, 0.15) is 5.75 Å². The highest BCUT2D eigenvalue weighted by atomic mass is 28.3. The molecule has 2 rings (SSSR count). The Morgan fingerprint density at radius 2 is 2.00 bits per heavy atom. The van der Waals surface area contributed by atoms with Crippen LogP contribution in [-0.2, 0) is 4.43 Å². The van der Waals surface area contributed by atoms with Gasteiger partial charge < -0.3 is 8.85 Å². The lowest BCUT2D eigenvalue weighted by Gasteiger charge is -2.20. The largest absolute Gasteiger partial charge is 0.531 e. The molecule has 0 aliphatic carbocycles. The van der Waals surface area contributed by atoms with Crippen LogP contribution in [0, 0.1) is 0 Å². The van der Waals surface area contributed by atoms with E-state index in [-0.39, 0.29) is 5.97 Å². The zero-order chi connectivity index (χ0) is 8.55. The van der Waals surface area contributed by atoms with Crippen LogP contribution in [0.4, 0.5) is 0 Å². The maximum atomic E-state index is 11.2. The number of fused-ring (bicyclic) bond motifs is 1. The van der Waals surface area contributed by atoms with E-state index < -0.39 is 9.28 Å². The van der Waals surface area contributed by atoms with Gasteiger partial charge in [-0.2, -0.15) is 0 Å². The van der Waals surface area contributed by atoms with Gasteiger partial charge in [-0.1, -0.05) is 12.1 Å². The minimum absolute atomic E-state index is 0.270. The van der Waals surface area contributed by atoms with Gasteiger partial charge in [0, 0.05) is 6.55 Å². The molecule has 0 amide bonds. The van der Waals surface area contributed by atoms with Gasteiger partial charge in [0.05, 0.1) is 5.56 Å². The molecule has 0 fully saturated rings. The molecule has 1 heterocycles. The van der Waals surface area contributed by atoms with Crippen molar-refractivity contribution in [1.82, 2.24) is 0 Å². The summed E-state index contributed by atoms with van der Waals surface area (Å²) in [4.78, 5) is 11.2. The molecule has 1 aromatic rings. The van der Waals surface area contributed by atoms with Crippen LogP contribution in [0.5, 0.6) is 5.75 Å². The normalized spacial score (nSPS) is 16.2. The lowest BCUT2D eigenvalue weighted by Crippen LogP contribution is -2.31. The Labute approximate surface area is 71.8 Å². The Kier molecular flexibility index (Phi) is 1.62. The fourth-order valence-electron chi connectivity index (χ4n) is 1.09. The van der Waals surface area contributed by atoms with E-state index in [4.69, 9.17) is 8.85 Å². The van der Waals surface area contributed by atoms with Crippen LogP contribution < -0.4 is 4.43 Å². The van der Waals surface area contributed by atoms with Gasteiger partial charge in [0.2, 0.25) is 0 Å². The van der Waals surface area contributed by atoms with Crippen molar-refractivity contribution in [3.05, 3.63) is 29.8 Å². The summed E-state index contributed by atoms with van der Waals surface area (Å²) in [5, 5.41) is 0. The third-order valence-electron chi connectivity index (χ3n) is 1.60. The van der Waals surface area contributed by atoms with Gasteiger partial charge >= 0.3 is 15.3 Å². The second kappa shape index (κ2) is 2.64. The van der Waals surface area contributed by atoms with E-state index in [1.54, 1.807) is 24.7 Å². The van der Waals surface area contributed by atoms with E-state index in [1.807, 2.05) is 6.07 Å². The van der Waals surface area contributed by atoms with Crippen molar-refractivity contribution in [2.75, 3.05) is 0 Å². The van der Waals surface area contributed by atoms with Gasteiger partial charge in [-0.15, -0.1) is 0 Å². The smallest absolute Gasteiger partial charge is 0.509 e. The zero-order valence-corrected chi connectivity index (χ0v) is 7.53. The molecule has 1 aliphatic rings. The van der Waals surface area contributed by atoms with E-state index >= 15 is 0 Å². The van der Waals surface area contributed by atoms with Crippen molar-refractivity contribution in [3.63, 3.8) is 0 Å². The van der Waals surface area contributed by atoms with Crippen LogP contribution in [-0.4, -0.2) is 15.3 Å². The summed E-state index contributed by atoms with van der Waals surface area (Å²) in [6, 6.07) is 7.11. The fraction of sp³-hybridized carbons (Fsp3) is 0.125. The van der Waals surface area contributed by atoms with Crippen LogP contribution in [0.25, 0.3) is 0 Å². The molecule has 61 valence electrons. The van der Waals surface area contributed by atoms with Crippen molar-refractivity contribution in [3.8, 4) is 5.75 Å². The Hall–Kier alpha value is -1.29. The molecule has 1 aliphatic heterocycles. The second-order valence-corrected chi connectivity index (χ2v) is 3.87. The van der Waals surface area contributed by atoms with E-state index in [0.29, 0.717) is 11.3 Å². The maximum Gasteiger partial charge on any atom is 0.531 e. The molecule has 0 N–H and O–H groups in total. The molecule has 1 radical (unpaired) electrons. The first-order valence-corrected chi connectivity index (χ1v) is 5.41. The molecule has 0 bridgehead atoms. The number of carbonyl (C=O) groups is 1. The Balaban J connectivity index is 2.47. The highest BCUT2D eigenvalue weighted by molar-refractivity contribution is 6.47. The summed E-state index contributed by atoms with van der Waals surface area (Å²) >= 11 is 0. The summed E-state index contributed by atoms with van der Waals surface area (Å²) < 4.78 is 10.3. The standard InChI is InChI=1S/C8H7O3Si/c1-12-10-7-5-3-2-4-6(7)8(9)11-12/h2-5H,1H3. The summed E-state index contributed by atoms with van der Waals surface area (Å²) in [5.41, 5.74) is 0.521. The number of hydrogen-bond donors (Lipinski definition) is 0. The third kappa shape index (κ3) is 1.10. The predicted molar refractivity (Wildman–Crippen MR) is 44.1 cm³/mol. The first kappa shape index (κ1) is 7.36. The van der Waals surface area contributed by atoms with Crippen molar-refractivity contribution < 1.29 is 13.6 Å². The molecule has 0 saturated heterocycles. The van der Waals surface area contributed by atoms with Crippen LogP contribution >= 0.6 is 0 Å². The quantitative estimate of drug-likeness (QED) is 0.564. The predicted octanol–water partition coefficient (Wildman–Crippen LogP) is 1.35. The molecule has 0 spiro atoms. The van der Waals surface area contributed by atoms with Gasteiger partial charge in [0.25, 0.3) is 0 Å². The summed E-state index contributed by atoms with van der Waals surface area (Å²) in [6.07, 6.45) is 0. The molecule has 0 aromatic heterocycles. The first-order valence-electron chi connectivity index (χ1n) is 3.60. The van der Waals surface area contributed by atoms with Crippen molar-refractivity contribution in [2.45, 2.75) is 6.55 Å². The SMILES string of the molecule is C[Si]1OC(=O)c2ccccc2O1. The van der Waals surface area contributed by atoms with Crippen molar-refractivity contribution >= 4 is 15.3 Å². The van der Waals surface area contributed by atoms with E-state index in [1.165, 1.54) is 0 Å². The molecule has 1 aromatic carbocycles. The van der Waals surface area contributed by atoms with Gasteiger partial charge in [-0.05, 0) is 12.1 Å². The van der Waals surface area contributed by atoms with Crippen LogP contribution in [0.2, 0.25) is 6.55 Å². The summed E-state index contributed by atoms with van der Waals surface area (Å²) in [6.45, 7) is 1.79. The van der Waals surface area contributed by atoms with Crippen LogP contribution in [0.3, 0.4) is 0 Å². The average molecular weight is 179 g/mol. The van der Waals surface area contributed by atoms with Gasteiger partial charge in [-0.25, -0.2) is 4.79 Å². The molecule has 0 atom stereocenters. The van der Waals surface area contributed by atoms with E-state index in [0.717, 1.165) is 0 Å². The molecule has 4 heteroatoms. The third-order valence-corrected chi connectivity index (χ3v) is 2.58. The van der Waals surface area contributed by atoms with Crippen LogP contribution in [0.15, 0.2) is 24.3 Å². The Morgan fingerprint density at radius 1 is 1.25 bits per heavy atom. The summed E-state index contributed by atoms with van der Waals surface area (Å²) in [5.74, 6) is 0.373. The number of para-hydroxylation sites is 1. The highest BCUT2D eigenvalue weighted by Crippen LogP contribution is 2.23. The van der Waals surface area contributed by atoms with Crippen LogP contribution in [0.1, 0.15) is 10.4 Å². The Morgan fingerprint density at radius 3 is 2.83 bits per heavy atom. The molecule has 0 saturated carbocycles. The van der Waals surface area contributed by atoms with Crippen molar-refractivity contribution in [2.24, 2.45) is 0 Å². The average Bonchev–Trinajstić information content (AvgIpc) is 2.04. The second-order valence-electron chi connectivity index (χ2n) is 2.48. The Bertz CT molecular complexity index is 324. The zero-order valence-electron chi connectivity index (χ0n) is 6.53.